The van der Waals surface area contributed by atoms with Gasteiger partial charge in [-0.15, -0.1) is 0 Å². The molecule has 10 heteroatoms. The molecule has 0 aliphatic carbocycles. The van der Waals surface area contributed by atoms with Crippen LogP contribution in [0.4, 0.5) is 5.69 Å². The van der Waals surface area contributed by atoms with Gasteiger partial charge in [-0.1, -0.05) is 62.2 Å². The van der Waals surface area contributed by atoms with Crippen molar-refractivity contribution in [3.63, 3.8) is 0 Å². The number of carbonyl (C=O) groups excluding carboxylic acids is 2. The van der Waals surface area contributed by atoms with E-state index in [9.17, 15) is 18.0 Å². The maximum Gasteiger partial charge on any atom is 0.244 e. The van der Waals surface area contributed by atoms with Gasteiger partial charge in [0.2, 0.25) is 21.8 Å². The number of hydrogen-bond acceptors (Lipinski definition) is 4. The second kappa shape index (κ2) is 13.1. The highest BCUT2D eigenvalue weighted by Crippen LogP contribution is 2.25. The normalized spacial score (nSPS) is 12.2. The molecule has 2 rings (SSSR count). The van der Waals surface area contributed by atoms with Gasteiger partial charge < -0.3 is 10.2 Å². The van der Waals surface area contributed by atoms with Gasteiger partial charge in [-0.2, -0.15) is 0 Å². The third-order valence-electron chi connectivity index (χ3n) is 5.58. The third kappa shape index (κ3) is 8.12. The largest absolute Gasteiger partial charge is 0.354 e. The van der Waals surface area contributed by atoms with Crippen LogP contribution in [0.25, 0.3) is 0 Å². The van der Waals surface area contributed by atoms with Crippen LogP contribution in [0.1, 0.15) is 44.7 Å². The van der Waals surface area contributed by atoms with Crippen LogP contribution in [0.5, 0.6) is 0 Å². The molecule has 1 atom stereocenters. The van der Waals surface area contributed by atoms with Crippen molar-refractivity contribution in [3.05, 3.63) is 63.6 Å². The average molecular weight is 543 g/mol. The minimum Gasteiger partial charge on any atom is -0.354 e. The van der Waals surface area contributed by atoms with Crippen LogP contribution in [0.2, 0.25) is 10.0 Å². The molecule has 0 fully saturated rings. The summed E-state index contributed by atoms with van der Waals surface area (Å²) in [5, 5.41) is 3.54. The molecule has 0 saturated carbocycles. The zero-order valence-electron chi connectivity index (χ0n) is 20.6. The zero-order chi connectivity index (χ0) is 26.2. The minimum absolute atomic E-state index is 0.0696. The van der Waals surface area contributed by atoms with Gasteiger partial charge in [0, 0.05) is 13.1 Å². The standard InChI is InChI=1S/C25H33Cl2N3O4S/c1-5-14-28-25(32)23(7-3)29(16-19-10-13-21(26)22(27)15-19)24(31)17-30(35(4,33)34)20-11-8-18(6-2)9-12-20/h8-13,15,23H,5-7,14,16-17H2,1-4H3,(H,28,32). The first-order chi connectivity index (χ1) is 16.5. The molecule has 0 aliphatic rings. The predicted octanol–water partition coefficient (Wildman–Crippen LogP) is 4.66. The molecule has 0 saturated heterocycles. The van der Waals surface area contributed by atoms with E-state index in [1.807, 2.05) is 32.9 Å². The smallest absolute Gasteiger partial charge is 0.244 e. The van der Waals surface area contributed by atoms with E-state index in [0.29, 0.717) is 34.3 Å². The van der Waals surface area contributed by atoms with E-state index in [0.717, 1.165) is 29.0 Å². The van der Waals surface area contributed by atoms with E-state index in [1.165, 1.54) is 4.90 Å². The summed E-state index contributed by atoms with van der Waals surface area (Å²) < 4.78 is 26.3. The number of benzene rings is 2. The van der Waals surface area contributed by atoms with Gasteiger partial charge in [0.25, 0.3) is 0 Å². The Morgan fingerprint density at radius 3 is 2.11 bits per heavy atom. The van der Waals surface area contributed by atoms with Crippen LogP contribution >= 0.6 is 23.2 Å². The Morgan fingerprint density at radius 1 is 0.971 bits per heavy atom. The summed E-state index contributed by atoms with van der Waals surface area (Å²) in [6.45, 7) is 5.85. The molecule has 2 aromatic carbocycles. The molecule has 35 heavy (non-hydrogen) atoms. The fourth-order valence-corrected chi connectivity index (χ4v) is 4.80. The molecule has 2 amide bonds. The Balaban J connectivity index is 2.43. The number of hydrogen-bond donors (Lipinski definition) is 1. The second-order valence-electron chi connectivity index (χ2n) is 8.27. The van der Waals surface area contributed by atoms with Crippen molar-refractivity contribution in [3.8, 4) is 0 Å². The van der Waals surface area contributed by atoms with Crippen LogP contribution in [0.15, 0.2) is 42.5 Å². The molecular formula is C25H33Cl2N3O4S. The number of halogens is 2. The van der Waals surface area contributed by atoms with Gasteiger partial charge in [-0.05, 0) is 54.7 Å². The highest BCUT2D eigenvalue weighted by Gasteiger charge is 2.31. The van der Waals surface area contributed by atoms with Gasteiger partial charge in [-0.3, -0.25) is 13.9 Å². The molecule has 1 unspecified atom stereocenters. The predicted molar refractivity (Wildman–Crippen MR) is 142 cm³/mol. The lowest BCUT2D eigenvalue weighted by Crippen LogP contribution is -2.52. The van der Waals surface area contributed by atoms with Crippen molar-refractivity contribution in [1.82, 2.24) is 10.2 Å². The van der Waals surface area contributed by atoms with Gasteiger partial charge >= 0.3 is 0 Å². The molecule has 0 spiro atoms. The van der Waals surface area contributed by atoms with E-state index in [4.69, 9.17) is 23.2 Å². The molecule has 0 radical (unpaired) electrons. The highest BCUT2D eigenvalue weighted by atomic mass is 35.5. The van der Waals surface area contributed by atoms with E-state index < -0.39 is 28.5 Å². The quantitative estimate of drug-likeness (QED) is 0.423. The van der Waals surface area contributed by atoms with Crippen LogP contribution in [0.3, 0.4) is 0 Å². The summed E-state index contributed by atoms with van der Waals surface area (Å²) in [6, 6.07) is 11.2. The summed E-state index contributed by atoms with van der Waals surface area (Å²) in [4.78, 5) is 27.9. The zero-order valence-corrected chi connectivity index (χ0v) is 22.9. The number of anilines is 1. The lowest BCUT2D eigenvalue weighted by molar-refractivity contribution is -0.140. The average Bonchev–Trinajstić information content (AvgIpc) is 2.82. The maximum absolute atomic E-state index is 13.6. The summed E-state index contributed by atoms with van der Waals surface area (Å²) in [7, 11) is -3.77. The summed E-state index contributed by atoms with van der Waals surface area (Å²) >= 11 is 12.2. The van der Waals surface area contributed by atoms with Crippen molar-refractivity contribution in [2.75, 3.05) is 23.7 Å². The number of sulfonamides is 1. The van der Waals surface area contributed by atoms with Crippen LogP contribution < -0.4 is 9.62 Å². The monoisotopic (exact) mass is 541 g/mol. The molecule has 7 nitrogen and oxygen atoms in total. The molecule has 0 aliphatic heterocycles. The Bertz CT molecular complexity index is 1120. The highest BCUT2D eigenvalue weighted by molar-refractivity contribution is 7.92. The number of nitrogens with zero attached hydrogens (tertiary/aromatic N) is 2. The van der Waals surface area contributed by atoms with E-state index in [-0.39, 0.29) is 12.5 Å². The second-order valence-corrected chi connectivity index (χ2v) is 11.0. The van der Waals surface area contributed by atoms with Gasteiger partial charge in [0.05, 0.1) is 22.0 Å². The lowest BCUT2D eigenvalue weighted by atomic mass is 10.1. The van der Waals surface area contributed by atoms with Gasteiger partial charge in [0.1, 0.15) is 12.6 Å². The molecule has 2 aromatic rings. The van der Waals surface area contributed by atoms with Gasteiger partial charge in [0.15, 0.2) is 0 Å². The van der Waals surface area contributed by atoms with Crippen LogP contribution in [-0.4, -0.2) is 50.5 Å². The fraction of sp³-hybridized carbons (Fsp3) is 0.440. The minimum atomic E-state index is -3.77. The molecule has 0 heterocycles. The van der Waals surface area contributed by atoms with E-state index >= 15 is 0 Å². The molecular weight excluding hydrogens is 509 g/mol. The number of rotatable bonds is 12. The van der Waals surface area contributed by atoms with Crippen molar-refractivity contribution in [2.24, 2.45) is 0 Å². The Hall–Kier alpha value is -2.29. The number of aryl methyl sites for hydroxylation is 1. The maximum atomic E-state index is 13.6. The molecule has 0 aromatic heterocycles. The Morgan fingerprint density at radius 2 is 1.60 bits per heavy atom. The van der Waals surface area contributed by atoms with Crippen LogP contribution in [0, 0.1) is 0 Å². The molecule has 0 bridgehead atoms. The lowest BCUT2D eigenvalue weighted by Gasteiger charge is -2.33. The summed E-state index contributed by atoms with van der Waals surface area (Å²) in [5.74, 6) is -0.791. The molecule has 192 valence electrons. The SMILES string of the molecule is CCCNC(=O)C(CC)N(Cc1ccc(Cl)c(Cl)c1)C(=O)CN(c1ccc(CC)cc1)S(C)(=O)=O. The first-order valence-electron chi connectivity index (χ1n) is 11.6. The number of amides is 2. The molecule has 1 N–H and O–H groups in total. The van der Waals surface area contributed by atoms with Gasteiger partial charge in [-0.25, -0.2) is 8.42 Å². The van der Waals surface area contributed by atoms with Crippen molar-refractivity contribution >= 4 is 50.7 Å². The summed E-state index contributed by atoms with van der Waals surface area (Å²) in [5.41, 5.74) is 2.11. The first kappa shape index (κ1) is 28.9. The third-order valence-corrected chi connectivity index (χ3v) is 7.46. The Kier molecular flexibility index (Phi) is 10.9. The van der Waals surface area contributed by atoms with Crippen molar-refractivity contribution in [1.29, 1.82) is 0 Å². The number of carbonyl (C=O) groups is 2. The van der Waals surface area contributed by atoms with Crippen molar-refractivity contribution in [2.45, 2.75) is 52.6 Å². The number of nitrogens with one attached hydrogen (secondary N) is 1. The summed E-state index contributed by atoms with van der Waals surface area (Å²) in [6.07, 6.45) is 2.97. The van der Waals surface area contributed by atoms with E-state index in [1.54, 1.807) is 30.3 Å². The topological polar surface area (TPSA) is 86.8 Å². The Labute approximate surface area is 218 Å². The van der Waals surface area contributed by atoms with Crippen LogP contribution in [-0.2, 0) is 32.6 Å². The van der Waals surface area contributed by atoms with Crippen molar-refractivity contribution < 1.29 is 18.0 Å². The fourth-order valence-electron chi connectivity index (χ4n) is 3.63. The van der Waals surface area contributed by atoms with E-state index in [2.05, 4.69) is 5.32 Å². The first-order valence-corrected chi connectivity index (χ1v) is 14.2.